The first-order valence-corrected chi connectivity index (χ1v) is 8.77. The topological polar surface area (TPSA) is 50.4 Å². The standard InChI is InChI=1S/C18H27ClN2O2/c1-18(23-2,14-8-7-9-15(19)12-14)13-20-17(22)21-16-10-5-3-4-6-11-16/h7-9,12,16H,3-6,10-11,13H2,1-2H3,(H2,20,21,22). The quantitative estimate of drug-likeness (QED) is 0.789. The number of benzene rings is 1. The van der Waals surface area contributed by atoms with Crippen LogP contribution in [0, 0.1) is 0 Å². The number of carbonyl (C=O) groups is 1. The summed E-state index contributed by atoms with van der Waals surface area (Å²) >= 11 is 6.06. The lowest BCUT2D eigenvalue weighted by molar-refractivity contribution is 0.00481. The number of ether oxygens (including phenoxy) is 1. The maximum atomic E-state index is 12.2. The average Bonchev–Trinajstić information content (AvgIpc) is 2.81. The van der Waals surface area contributed by atoms with Crippen molar-refractivity contribution in [2.24, 2.45) is 0 Å². The Labute approximate surface area is 143 Å². The lowest BCUT2D eigenvalue weighted by atomic mass is 9.95. The first-order chi connectivity index (χ1) is 11.0. The van der Waals surface area contributed by atoms with Crippen molar-refractivity contribution in [3.05, 3.63) is 34.9 Å². The molecule has 0 aromatic heterocycles. The minimum absolute atomic E-state index is 0.123. The lowest BCUT2D eigenvalue weighted by Crippen LogP contribution is -2.47. The molecule has 0 bridgehead atoms. The molecule has 2 rings (SSSR count). The van der Waals surface area contributed by atoms with Crippen LogP contribution in [0.1, 0.15) is 51.0 Å². The third kappa shape index (κ3) is 5.40. The highest BCUT2D eigenvalue weighted by Gasteiger charge is 2.27. The van der Waals surface area contributed by atoms with E-state index in [1.54, 1.807) is 7.11 Å². The Balaban J connectivity index is 1.90. The molecule has 1 unspecified atom stereocenters. The number of methoxy groups -OCH3 is 1. The van der Waals surface area contributed by atoms with Crippen LogP contribution in [0.5, 0.6) is 0 Å². The average molecular weight is 339 g/mol. The second-order valence-electron chi connectivity index (χ2n) is 6.46. The third-order valence-corrected chi connectivity index (χ3v) is 4.90. The van der Waals surface area contributed by atoms with E-state index in [2.05, 4.69) is 10.6 Å². The zero-order valence-electron chi connectivity index (χ0n) is 14.0. The van der Waals surface area contributed by atoms with Crippen LogP contribution in [0.25, 0.3) is 0 Å². The fourth-order valence-corrected chi connectivity index (χ4v) is 3.21. The van der Waals surface area contributed by atoms with Crippen molar-refractivity contribution in [3.63, 3.8) is 0 Å². The summed E-state index contributed by atoms with van der Waals surface area (Å²) in [6, 6.07) is 7.71. The van der Waals surface area contributed by atoms with Crippen molar-refractivity contribution in [2.45, 2.75) is 57.1 Å². The van der Waals surface area contributed by atoms with Crippen LogP contribution in [-0.2, 0) is 10.3 Å². The van der Waals surface area contributed by atoms with E-state index in [-0.39, 0.29) is 12.1 Å². The molecule has 5 heteroatoms. The summed E-state index contributed by atoms with van der Waals surface area (Å²) in [5.74, 6) is 0. The van der Waals surface area contributed by atoms with Gasteiger partial charge in [-0.05, 0) is 37.5 Å². The molecular weight excluding hydrogens is 312 g/mol. The van der Waals surface area contributed by atoms with Gasteiger partial charge < -0.3 is 15.4 Å². The maximum absolute atomic E-state index is 12.2. The van der Waals surface area contributed by atoms with E-state index >= 15 is 0 Å². The van der Waals surface area contributed by atoms with Gasteiger partial charge >= 0.3 is 6.03 Å². The normalized spacial score (nSPS) is 18.7. The van der Waals surface area contributed by atoms with Crippen LogP contribution in [-0.4, -0.2) is 25.7 Å². The van der Waals surface area contributed by atoms with Gasteiger partial charge in [0.2, 0.25) is 0 Å². The molecule has 23 heavy (non-hydrogen) atoms. The number of hydrogen-bond donors (Lipinski definition) is 2. The van der Waals surface area contributed by atoms with Gasteiger partial charge in [0.25, 0.3) is 0 Å². The van der Waals surface area contributed by atoms with E-state index < -0.39 is 5.60 Å². The van der Waals surface area contributed by atoms with Crippen LogP contribution in [0.2, 0.25) is 5.02 Å². The van der Waals surface area contributed by atoms with E-state index in [1.165, 1.54) is 25.7 Å². The largest absolute Gasteiger partial charge is 0.372 e. The monoisotopic (exact) mass is 338 g/mol. The Morgan fingerprint density at radius 2 is 2.00 bits per heavy atom. The Hall–Kier alpha value is -1.26. The lowest BCUT2D eigenvalue weighted by Gasteiger charge is -2.29. The van der Waals surface area contributed by atoms with Gasteiger partial charge in [-0.3, -0.25) is 0 Å². The van der Waals surface area contributed by atoms with E-state index in [0.717, 1.165) is 18.4 Å². The van der Waals surface area contributed by atoms with Gasteiger partial charge in [-0.25, -0.2) is 4.79 Å². The van der Waals surface area contributed by atoms with Crippen molar-refractivity contribution in [1.29, 1.82) is 0 Å². The number of urea groups is 1. The molecular formula is C18H27ClN2O2. The Kier molecular flexibility index (Phi) is 6.72. The second-order valence-corrected chi connectivity index (χ2v) is 6.90. The molecule has 2 amide bonds. The number of halogens is 1. The second kappa shape index (κ2) is 8.55. The minimum atomic E-state index is -0.605. The van der Waals surface area contributed by atoms with Crippen LogP contribution >= 0.6 is 11.6 Å². The molecule has 0 spiro atoms. The van der Waals surface area contributed by atoms with Crippen LogP contribution in [0.15, 0.2) is 24.3 Å². The summed E-state index contributed by atoms with van der Waals surface area (Å²) in [5.41, 5.74) is 0.341. The molecule has 1 aliphatic carbocycles. The number of rotatable bonds is 5. The maximum Gasteiger partial charge on any atom is 0.315 e. The Bertz CT molecular complexity index is 515. The van der Waals surface area contributed by atoms with Crippen molar-refractivity contribution < 1.29 is 9.53 Å². The first-order valence-electron chi connectivity index (χ1n) is 8.39. The van der Waals surface area contributed by atoms with Gasteiger partial charge in [0.1, 0.15) is 5.60 Å². The van der Waals surface area contributed by atoms with Crippen LogP contribution in [0.4, 0.5) is 4.79 Å². The molecule has 1 aromatic carbocycles. The zero-order chi connectivity index (χ0) is 16.7. The molecule has 1 atom stereocenters. The number of nitrogens with one attached hydrogen (secondary N) is 2. The van der Waals surface area contributed by atoms with Crippen LogP contribution in [0.3, 0.4) is 0 Å². The van der Waals surface area contributed by atoms with E-state index in [4.69, 9.17) is 16.3 Å². The number of hydrogen-bond acceptors (Lipinski definition) is 2. The van der Waals surface area contributed by atoms with E-state index in [9.17, 15) is 4.79 Å². The van der Waals surface area contributed by atoms with Crippen molar-refractivity contribution >= 4 is 17.6 Å². The fraction of sp³-hybridized carbons (Fsp3) is 0.611. The summed E-state index contributed by atoms with van der Waals surface area (Å²) < 4.78 is 5.64. The molecule has 0 aliphatic heterocycles. The molecule has 2 N–H and O–H groups in total. The SMILES string of the molecule is COC(C)(CNC(=O)NC1CCCCCC1)c1cccc(Cl)c1. The molecule has 4 nitrogen and oxygen atoms in total. The fourth-order valence-electron chi connectivity index (χ4n) is 3.02. The summed E-state index contributed by atoms with van der Waals surface area (Å²) in [5, 5.41) is 6.69. The summed E-state index contributed by atoms with van der Waals surface area (Å²) in [4.78, 5) is 12.2. The van der Waals surface area contributed by atoms with Crippen LogP contribution < -0.4 is 10.6 Å². The predicted molar refractivity (Wildman–Crippen MR) is 93.8 cm³/mol. The predicted octanol–water partition coefficient (Wildman–Crippen LogP) is 4.22. The third-order valence-electron chi connectivity index (χ3n) is 4.66. The summed E-state index contributed by atoms with van der Waals surface area (Å²) in [6.07, 6.45) is 7.09. The molecule has 0 radical (unpaired) electrons. The van der Waals surface area contributed by atoms with Crippen molar-refractivity contribution in [1.82, 2.24) is 10.6 Å². The van der Waals surface area contributed by atoms with E-state index in [0.29, 0.717) is 11.6 Å². The van der Waals surface area contributed by atoms with Gasteiger partial charge in [-0.1, -0.05) is 49.4 Å². The van der Waals surface area contributed by atoms with Crippen molar-refractivity contribution in [2.75, 3.05) is 13.7 Å². The smallest absolute Gasteiger partial charge is 0.315 e. The molecule has 1 saturated carbocycles. The molecule has 1 fully saturated rings. The summed E-state index contributed by atoms with van der Waals surface area (Å²) in [7, 11) is 1.64. The summed E-state index contributed by atoms with van der Waals surface area (Å²) in [6.45, 7) is 2.34. The first kappa shape index (κ1) is 18.1. The molecule has 0 saturated heterocycles. The Morgan fingerprint density at radius 3 is 2.61 bits per heavy atom. The number of carbonyl (C=O) groups excluding carboxylic acids is 1. The van der Waals surface area contributed by atoms with Crippen molar-refractivity contribution in [3.8, 4) is 0 Å². The highest BCUT2D eigenvalue weighted by molar-refractivity contribution is 6.30. The molecule has 1 aromatic rings. The van der Waals surface area contributed by atoms with Gasteiger partial charge in [0, 0.05) is 18.2 Å². The molecule has 1 aliphatic rings. The van der Waals surface area contributed by atoms with Gasteiger partial charge in [-0.15, -0.1) is 0 Å². The Morgan fingerprint density at radius 1 is 1.30 bits per heavy atom. The van der Waals surface area contributed by atoms with Gasteiger partial charge in [0.05, 0.1) is 6.54 Å². The van der Waals surface area contributed by atoms with E-state index in [1.807, 2.05) is 31.2 Å². The van der Waals surface area contributed by atoms with Gasteiger partial charge in [-0.2, -0.15) is 0 Å². The highest BCUT2D eigenvalue weighted by atomic mass is 35.5. The highest BCUT2D eigenvalue weighted by Crippen LogP contribution is 2.26. The molecule has 128 valence electrons. The minimum Gasteiger partial charge on any atom is -0.372 e. The van der Waals surface area contributed by atoms with Gasteiger partial charge in [0.15, 0.2) is 0 Å². The molecule has 0 heterocycles. The number of amides is 2. The zero-order valence-corrected chi connectivity index (χ0v) is 14.8.